The standard InChI is InChI=1S/C42H65F3N4O4S/c1-7-13-19-34-40(41(50)32-20-22-33(23-21-32)53-31-18-28-48(26-14-8-2)27-15-9-3)39-35(46-34)24-25-36(47-54(51,52)42(43,44)45)38(39)37(12-6)49(29-16-10-4)30-17-11-5/h20-25,37,46-47H,7-19,26-31H2,1-6H3. The number of halogens is 3. The summed E-state index contributed by atoms with van der Waals surface area (Å²) in [6.45, 7) is 17.7. The highest BCUT2D eigenvalue weighted by atomic mass is 32.2. The predicted molar refractivity (Wildman–Crippen MR) is 216 cm³/mol. The monoisotopic (exact) mass is 778 g/mol. The molecule has 0 fully saturated rings. The van der Waals surface area contributed by atoms with E-state index in [9.17, 15) is 26.4 Å². The number of ether oxygens (including phenoxy) is 1. The Morgan fingerprint density at radius 1 is 0.778 bits per heavy atom. The molecule has 0 radical (unpaired) electrons. The minimum Gasteiger partial charge on any atom is -0.494 e. The van der Waals surface area contributed by atoms with E-state index in [-0.39, 0.29) is 11.5 Å². The van der Waals surface area contributed by atoms with Crippen LogP contribution in [0.25, 0.3) is 10.9 Å². The molecule has 3 rings (SSSR count). The fourth-order valence-electron chi connectivity index (χ4n) is 7.01. The van der Waals surface area contributed by atoms with Gasteiger partial charge in [0.2, 0.25) is 0 Å². The Balaban J connectivity index is 2.10. The number of nitrogens with zero attached hydrogens (tertiary/aromatic N) is 2. The number of aromatic nitrogens is 1. The molecule has 0 aliphatic heterocycles. The molecule has 0 saturated heterocycles. The first kappa shape index (κ1) is 45.3. The first-order valence-corrected chi connectivity index (χ1v) is 21.9. The lowest BCUT2D eigenvalue weighted by Gasteiger charge is -2.33. The maximum absolute atomic E-state index is 14.7. The Labute approximate surface area is 322 Å². The fourth-order valence-corrected chi connectivity index (χ4v) is 7.60. The molecular weight excluding hydrogens is 714 g/mol. The van der Waals surface area contributed by atoms with Crippen molar-refractivity contribution in [2.24, 2.45) is 0 Å². The molecule has 304 valence electrons. The maximum atomic E-state index is 14.7. The van der Waals surface area contributed by atoms with Crippen LogP contribution in [0.2, 0.25) is 0 Å². The van der Waals surface area contributed by atoms with Gasteiger partial charge in [0.25, 0.3) is 0 Å². The van der Waals surface area contributed by atoms with E-state index in [1.165, 1.54) is 18.9 Å². The summed E-state index contributed by atoms with van der Waals surface area (Å²) in [4.78, 5) is 22.8. The van der Waals surface area contributed by atoms with Crippen LogP contribution in [0, 0.1) is 0 Å². The van der Waals surface area contributed by atoms with E-state index in [1.54, 1.807) is 30.3 Å². The number of aryl methyl sites for hydroxylation is 1. The quantitative estimate of drug-likeness (QED) is 0.0591. The van der Waals surface area contributed by atoms with Crippen molar-refractivity contribution < 1.29 is 31.1 Å². The van der Waals surface area contributed by atoms with Gasteiger partial charge in [-0.05, 0) is 114 Å². The highest BCUT2D eigenvalue weighted by Gasteiger charge is 2.46. The van der Waals surface area contributed by atoms with Gasteiger partial charge in [0, 0.05) is 40.3 Å². The van der Waals surface area contributed by atoms with Crippen molar-refractivity contribution in [2.45, 2.75) is 137 Å². The van der Waals surface area contributed by atoms with E-state index in [0.29, 0.717) is 71.6 Å². The number of carbonyl (C=O) groups excluding carboxylic acids is 1. The molecule has 54 heavy (non-hydrogen) atoms. The van der Waals surface area contributed by atoms with E-state index in [2.05, 4.69) is 49.4 Å². The van der Waals surface area contributed by atoms with Gasteiger partial charge in [-0.1, -0.05) is 73.6 Å². The lowest BCUT2D eigenvalue weighted by atomic mass is 9.90. The van der Waals surface area contributed by atoms with Gasteiger partial charge in [-0.15, -0.1) is 0 Å². The van der Waals surface area contributed by atoms with E-state index < -0.39 is 21.6 Å². The molecule has 1 unspecified atom stereocenters. The molecule has 12 heteroatoms. The number of fused-ring (bicyclic) bond motifs is 1. The van der Waals surface area contributed by atoms with Gasteiger partial charge in [0.1, 0.15) is 5.75 Å². The molecule has 0 aliphatic carbocycles. The molecule has 2 N–H and O–H groups in total. The minimum absolute atomic E-state index is 0.161. The summed E-state index contributed by atoms with van der Waals surface area (Å²) < 4.78 is 74.7. The summed E-state index contributed by atoms with van der Waals surface area (Å²) >= 11 is 0. The van der Waals surface area contributed by atoms with Crippen molar-refractivity contribution in [3.63, 3.8) is 0 Å². The van der Waals surface area contributed by atoms with Crippen LogP contribution in [-0.2, 0) is 16.4 Å². The second-order valence-electron chi connectivity index (χ2n) is 14.4. The Morgan fingerprint density at radius 2 is 1.33 bits per heavy atom. The third kappa shape index (κ3) is 12.5. The largest absolute Gasteiger partial charge is 0.516 e. The number of rotatable bonds is 27. The zero-order chi connectivity index (χ0) is 39.7. The number of anilines is 1. The summed E-state index contributed by atoms with van der Waals surface area (Å²) in [5, 5.41) is 0.467. The summed E-state index contributed by atoms with van der Waals surface area (Å²) in [5.74, 6) is 0.380. The summed E-state index contributed by atoms with van der Waals surface area (Å²) in [7, 11) is -5.74. The molecule has 0 bridgehead atoms. The highest BCUT2D eigenvalue weighted by molar-refractivity contribution is 7.93. The van der Waals surface area contributed by atoms with Crippen molar-refractivity contribution in [1.29, 1.82) is 0 Å². The van der Waals surface area contributed by atoms with Gasteiger partial charge in [-0.25, -0.2) is 0 Å². The molecule has 0 saturated carbocycles. The average Bonchev–Trinajstić information content (AvgIpc) is 3.52. The van der Waals surface area contributed by atoms with Crippen LogP contribution in [0.1, 0.15) is 152 Å². The molecule has 2 aromatic carbocycles. The molecule has 0 spiro atoms. The van der Waals surface area contributed by atoms with Crippen molar-refractivity contribution in [3.8, 4) is 5.75 Å². The Bertz CT molecular complexity index is 1660. The summed E-state index contributed by atoms with van der Waals surface area (Å²) in [5.41, 5.74) is -3.21. The first-order chi connectivity index (χ1) is 25.9. The van der Waals surface area contributed by atoms with E-state index in [1.807, 2.05) is 11.6 Å². The zero-order valence-electron chi connectivity index (χ0n) is 33.5. The number of H-pyrrole nitrogens is 1. The second kappa shape index (κ2) is 22.5. The number of alkyl halides is 3. The van der Waals surface area contributed by atoms with Crippen molar-refractivity contribution in [3.05, 3.63) is 58.8 Å². The molecule has 3 aromatic rings. The number of sulfonamides is 1. The van der Waals surface area contributed by atoms with Crippen molar-refractivity contribution >= 4 is 32.4 Å². The lowest BCUT2D eigenvalue weighted by molar-refractivity contribution is -0.0429. The summed E-state index contributed by atoms with van der Waals surface area (Å²) in [6, 6.07) is 9.57. The number of hydrogen-bond acceptors (Lipinski definition) is 6. The first-order valence-electron chi connectivity index (χ1n) is 20.4. The molecule has 1 aromatic heterocycles. The van der Waals surface area contributed by atoms with Crippen molar-refractivity contribution in [2.75, 3.05) is 44.1 Å². The number of benzene rings is 2. The number of carbonyl (C=O) groups is 1. The molecule has 0 aliphatic rings. The van der Waals surface area contributed by atoms with E-state index in [0.717, 1.165) is 77.4 Å². The van der Waals surface area contributed by atoms with E-state index >= 15 is 0 Å². The van der Waals surface area contributed by atoms with Crippen LogP contribution in [0.4, 0.5) is 18.9 Å². The molecule has 0 amide bonds. The Hall–Kier alpha value is -3.09. The lowest BCUT2D eigenvalue weighted by Crippen LogP contribution is -2.33. The van der Waals surface area contributed by atoms with Gasteiger partial charge in [0.05, 0.1) is 17.9 Å². The molecule has 8 nitrogen and oxygen atoms in total. The minimum atomic E-state index is -5.74. The predicted octanol–water partition coefficient (Wildman–Crippen LogP) is 11.0. The van der Waals surface area contributed by atoms with Gasteiger partial charge in [-0.2, -0.15) is 21.6 Å². The van der Waals surface area contributed by atoms with Crippen LogP contribution in [0.3, 0.4) is 0 Å². The topological polar surface area (TPSA) is 94.7 Å². The fraction of sp³-hybridized carbons (Fsp3) is 0.643. The third-order valence-corrected chi connectivity index (χ3v) is 11.2. The zero-order valence-corrected chi connectivity index (χ0v) is 34.4. The molecule has 1 atom stereocenters. The van der Waals surface area contributed by atoms with Crippen LogP contribution < -0.4 is 9.46 Å². The number of aromatic amines is 1. The van der Waals surface area contributed by atoms with Crippen LogP contribution in [0.5, 0.6) is 5.75 Å². The van der Waals surface area contributed by atoms with Gasteiger partial charge < -0.3 is 14.6 Å². The number of unbranched alkanes of at least 4 members (excludes halogenated alkanes) is 5. The number of ketones is 1. The Morgan fingerprint density at radius 3 is 1.87 bits per heavy atom. The van der Waals surface area contributed by atoms with Crippen LogP contribution >= 0.6 is 0 Å². The van der Waals surface area contributed by atoms with Gasteiger partial charge >= 0.3 is 15.5 Å². The van der Waals surface area contributed by atoms with Gasteiger partial charge in [0.15, 0.2) is 5.78 Å². The highest BCUT2D eigenvalue weighted by Crippen LogP contribution is 2.42. The number of hydrogen-bond donors (Lipinski definition) is 2. The SMILES string of the molecule is CCCCc1[nH]c2ccc(NS(=O)(=O)C(F)(F)F)c(C(CC)N(CCCC)CCCC)c2c1C(=O)c1ccc(OCCCN(CCCC)CCCC)cc1. The second-order valence-corrected chi connectivity index (χ2v) is 16.0. The normalized spacial score (nSPS) is 12.9. The van der Waals surface area contributed by atoms with E-state index in [4.69, 9.17) is 4.74 Å². The van der Waals surface area contributed by atoms with Crippen LogP contribution in [0.15, 0.2) is 36.4 Å². The van der Waals surface area contributed by atoms with Crippen LogP contribution in [-0.4, -0.2) is 73.8 Å². The third-order valence-electron chi connectivity index (χ3n) is 10.1. The average molecular weight is 779 g/mol. The summed E-state index contributed by atoms with van der Waals surface area (Å²) in [6.07, 6.45) is 11.8. The van der Waals surface area contributed by atoms with Crippen molar-refractivity contribution in [1.82, 2.24) is 14.8 Å². The molecule has 1 heterocycles. The molecular formula is C42H65F3N4O4S. The van der Waals surface area contributed by atoms with Gasteiger partial charge in [-0.3, -0.25) is 14.4 Å². The smallest absolute Gasteiger partial charge is 0.494 e. The number of nitrogens with one attached hydrogen (secondary N) is 2. The maximum Gasteiger partial charge on any atom is 0.516 e. The Kier molecular flexibility index (Phi) is 18.8.